The molecule has 0 saturated carbocycles. The third-order valence-electron chi connectivity index (χ3n) is 5.86. The van der Waals surface area contributed by atoms with Crippen molar-refractivity contribution in [2.24, 2.45) is 5.73 Å². The van der Waals surface area contributed by atoms with E-state index in [1.165, 1.54) is 4.90 Å². The third kappa shape index (κ3) is 6.31. The number of anilines is 1. The molecule has 2 aromatic heterocycles. The van der Waals surface area contributed by atoms with Gasteiger partial charge in [0.25, 0.3) is 5.91 Å². The van der Waals surface area contributed by atoms with Crippen LogP contribution in [0.1, 0.15) is 42.6 Å². The fourth-order valence-electron chi connectivity index (χ4n) is 4.27. The second kappa shape index (κ2) is 10.8. The average molecular weight is 543 g/mol. The first-order chi connectivity index (χ1) is 17.9. The Morgan fingerprint density at radius 1 is 1.18 bits per heavy atom. The Bertz CT molecular complexity index is 1330. The smallest absolute Gasteiger partial charge is 0.410 e. The highest BCUT2D eigenvalue weighted by atomic mass is 32.1. The van der Waals surface area contributed by atoms with E-state index in [9.17, 15) is 18.8 Å². The molecule has 4 amide bonds. The second-order valence-corrected chi connectivity index (χ2v) is 11.2. The van der Waals surface area contributed by atoms with Gasteiger partial charge in [-0.05, 0) is 45.9 Å². The van der Waals surface area contributed by atoms with Gasteiger partial charge in [0.1, 0.15) is 16.6 Å². The van der Waals surface area contributed by atoms with Crippen LogP contribution in [0.3, 0.4) is 0 Å². The molecule has 1 saturated heterocycles. The van der Waals surface area contributed by atoms with E-state index < -0.39 is 35.8 Å². The number of para-hydroxylation sites is 1. The highest BCUT2D eigenvalue weighted by Crippen LogP contribution is 2.37. The summed E-state index contributed by atoms with van der Waals surface area (Å²) in [4.78, 5) is 39.6. The molecule has 0 bridgehead atoms. The molecule has 202 valence electrons. The number of alkyl halides is 1. The average Bonchev–Trinajstić information content (AvgIpc) is 3.41. The lowest BCUT2D eigenvalue weighted by Gasteiger charge is -2.36. The quantitative estimate of drug-likeness (QED) is 0.438. The number of likely N-dealkylation sites (tertiary alicyclic amines) is 1. The molecule has 4 N–H and O–H groups in total. The van der Waals surface area contributed by atoms with Crippen LogP contribution in [0.4, 0.5) is 19.7 Å². The number of hydrogen-bond acceptors (Lipinski definition) is 6. The first-order valence-electron chi connectivity index (χ1n) is 12.1. The highest BCUT2D eigenvalue weighted by Gasteiger charge is 2.34. The Hall–Kier alpha value is -3.93. The molecule has 0 aliphatic carbocycles. The predicted octanol–water partition coefficient (Wildman–Crippen LogP) is 4.48. The van der Waals surface area contributed by atoms with Crippen molar-refractivity contribution in [1.82, 2.24) is 20.0 Å². The summed E-state index contributed by atoms with van der Waals surface area (Å²) in [7, 11) is 0. The van der Waals surface area contributed by atoms with Crippen molar-refractivity contribution in [1.29, 1.82) is 0 Å². The number of amides is 4. The fourth-order valence-corrected chi connectivity index (χ4v) is 5.35. The van der Waals surface area contributed by atoms with Crippen molar-refractivity contribution >= 4 is 35.1 Å². The second-order valence-electron chi connectivity index (χ2n) is 10.1. The van der Waals surface area contributed by atoms with E-state index in [0.29, 0.717) is 4.88 Å². The van der Waals surface area contributed by atoms with Gasteiger partial charge in [0.2, 0.25) is 0 Å². The molecule has 12 heteroatoms. The van der Waals surface area contributed by atoms with Crippen LogP contribution in [-0.2, 0) is 4.74 Å². The van der Waals surface area contributed by atoms with Crippen LogP contribution in [0.5, 0.6) is 0 Å². The van der Waals surface area contributed by atoms with Crippen molar-refractivity contribution < 1.29 is 23.5 Å². The summed E-state index contributed by atoms with van der Waals surface area (Å²) in [5.74, 6) is -0.513. The van der Waals surface area contributed by atoms with Gasteiger partial charge in [0, 0.05) is 35.1 Å². The summed E-state index contributed by atoms with van der Waals surface area (Å²) in [5, 5.41) is 9.79. The van der Waals surface area contributed by atoms with Gasteiger partial charge in [-0.25, -0.2) is 18.7 Å². The lowest BCUT2D eigenvalue weighted by molar-refractivity contribution is 0.00941. The van der Waals surface area contributed by atoms with Crippen molar-refractivity contribution in [2.75, 3.05) is 18.4 Å². The van der Waals surface area contributed by atoms with Gasteiger partial charge >= 0.3 is 12.1 Å². The van der Waals surface area contributed by atoms with Crippen molar-refractivity contribution in [2.45, 2.75) is 51.9 Å². The zero-order valence-corrected chi connectivity index (χ0v) is 22.5. The van der Waals surface area contributed by atoms with Gasteiger partial charge < -0.3 is 26.0 Å². The van der Waals surface area contributed by atoms with Gasteiger partial charge in [-0.2, -0.15) is 5.10 Å². The van der Waals surface area contributed by atoms with Crippen LogP contribution in [0.25, 0.3) is 16.1 Å². The van der Waals surface area contributed by atoms with Crippen LogP contribution < -0.4 is 16.4 Å². The Balaban J connectivity index is 1.57. The number of hydrogen-bond donors (Lipinski definition) is 3. The number of thiophene rings is 1. The first-order valence-corrected chi connectivity index (χ1v) is 13.0. The topological polar surface area (TPSA) is 132 Å². The molecule has 0 radical (unpaired) electrons. The molecule has 2 atom stereocenters. The van der Waals surface area contributed by atoms with E-state index in [4.69, 9.17) is 10.5 Å². The molecule has 1 aromatic carbocycles. The minimum absolute atomic E-state index is 0.0464. The third-order valence-corrected chi connectivity index (χ3v) is 7.03. The molecule has 38 heavy (non-hydrogen) atoms. The molecular weight excluding hydrogens is 511 g/mol. The van der Waals surface area contributed by atoms with Crippen LogP contribution in [0, 0.1) is 6.92 Å². The summed E-state index contributed by atoms with van der Waals surface area (Å²) in [6.45, 7) is 7.09. The van der Waals surface area contributed by atoms with Crippen molar-refractivity contribution in [3.8, 4) is 16.1 Å². The number of carbonyl (C=O) groups excluding carboxylic acids is 3. The minimum Gasteiger partial charge on any atom is -0.444 e. The van der Waals surface area contributed by atoms with Crippen LogP contribution in [0.15, 0.2) is 42.6 Å². The van der Waals surface area contributed by atoms with Gasteiger partial charge in [-0.15, -0.1) is 11.3 Å². The molecule has 10 nitrogen and oxygen atoms in total. The molecule has 1 aliphatic heterocycles. The molecule has 4 rings (SSSR count). The number of nitrogens with two attached hydrogens (primary N) is 1. The molecule has 1 fully saturated rings. The number of nitrogens with zero attached hydrogens (tertiary/aromatic N) is 3. The summed E-state index contributed by atoms with van der Waals surface area (Å²) in [6.07, 6.45) is -0.225. The number of carbonyl (C=O) groups is 3. The number of urea groups is 1. The van der Waals surface area contributed by atoms with E-state index >= 15 is 0 Å². The first kappa shape index (κ1) is 27.1. The van der Waals surface area contributed by atoms with E-state index in [0.717, 1.165) is 28.3 Å². The molecular formula is C26H31FN6O4S. The van der Waals surface area contributed by atoms with Crippen LogP contribution in [0.2, 0.25) is 0 Å². The number of nitrogens with one attached hydrogen (secondary N) is 2. The van der Waals surface area contributed by atoms with E-state index in [-0.39, 0.29) is 30.1 Å². The molecule has 3 heterocycles. The summed E-state index contributed by atoms with van der Waals surface area (Å²) >= 11 is 1.16. The maximum absolute atomic E-state index is 14.5. The summed E-state index contributed by atoms with van der Waals surface area (Å²) in [6, 6.07) is 9.80. The Morgan fingerprint density at radius 3 is 2.55 bits per heavy atom. The fraction of sp³-hybridized carbons (Fsp3) is 0.385. The zero-order valence-electron chi connectivity index (χ0n) is 21.7. The van der Waals surface area contributed by atoms with Crippen molar-refractivity contribution in [3.63, 3.8) is 0 Å². The lowest BCUT2D eigenvalue weighted by Crippen LogP contribution is -2.54. The number of rotatable bonds is 5. The molecule has 1 aliphatic rings. The van der Waals surface area contributed by atoms with Gasteiger partial charge in [-0.1, -0.05) is 18.2 Å². The van der Waals surface area contributed by atoms with Crippen LogP contribution >= 0.6 is 11.3 Å². The number of primary amides is 1. The van der Waals surface area contributed by atoms with E-state index in [1.54, 1.807) is 37.7 Å². The Labute approximate surface area is 223 Å². The maximum Gasteiger partial charge on any atom is 0.410 e. The maximum atomic E-state index is 14.5. The highest BCUT2D eigenvalue weighted by molar-refractivity contribution is 7.18. The molecule has 0 spiro atoms. The van der Waals surface area contributed by atoms with Gasteiger partial charge in [0.15, 0.2) is 0 Å². The number of benzene rings is 1. The predicted molar refractivity (Wildman–Crippen MR) is 143 cm³/mol. The Morgan fingerprint density at radius 2 is 1.89 bits per heavy atom. The van der Waals surface area contributed by atoms with Gasteiger partial charge in [0.05, 0.1) is 24.1 Å². The minimum atomic E-state index is -1.32. The van der Waals surface area contributed by atoms with E-state index in [2.05, 4.69) is 15.7 Å². The summed E-state index contributed by atoms with van der Waals surface area (Å²) in [5.41, 5.74) is 7.37. The molecule has 0 unspecified atom stereocenters. The van der Waals surface area contributed by atoms with Crippen LogP contribution in [-0.4, -0.2) is 63.6 Å². The Kier molecular flexibility index (Phi) is 7.72. The SMILES string of the molecule is Cc1c(-c2cc(NC(N)=O)c(C(=O)N[C@H]3C[C@H](F)CN(C(=O)OC(C)(C)C)C3)s2)cnn1-c1ccccc1. The number of piperidine rings is 1. The van der Waals surface area contributed by atoms with Crippen molar-refractivity contribution in [3.05, 3.63) is 53.2 Å². The lowest BCUT2D eigenvalue weighted by atomic mass is 10.0. The zero-order chi connectivity index (χ0) is 27.6. The van der Waals surface area contributed by atoms with Gasteiger partial charge in [-0.3, -0.25) is 4.79 Å². The molecule has 3 aromatic rings. The van der Waals surface area contributed by atoms with E-state index in [1.807, 2.05) is 37.3 Å². The largest absolute Gasteiger partial charge is 0.444 e. The standard InChI is InChI=1S/C26H31FN6O4S/c1-15-19(12-29-33(15)18-8-6-5-7-9-18)21-11-20(31-24(28)35)22(38-21)23(34)30-17-10-16(27)13-32(14-17)25(36)37-26(2,3)4/h5-9,11-12,16-17H,10,13-14H2,1-4H3,(H,30,34)(H3,28,31,35)/t16-,17-/m0/s1. The normalized spacial score (nSPS) is 17.7. The number of aromatic nitrogens is 2. The number of halogens is 1. The monoisotopic (exact) mass is 542 g/mol. The summed E-state index contributed by atoms with van der Waals surface area (Å²) < 4.78 is 21.7. The number of ether oxygens (including phenoxy) is 1.